The Kier molecular flexibility index (Phi) is 43.4. The Morgan fingerprint density at radius 2 is 0.547 bits per heavy atom. The number of carbonyl (C=O) groups is 2. The Morgan fingerprint density at radius 3 is 0.787 bits per heavy atom. The molecule has 2 aliphatic rings. The van der Waals surface area contributed by atoms with Gasteiger partial charge in [-0.25, -0.2) is 0 Å². The fourth-order valence-electron chi connectivity index (χ4n) is 12.4. The monoisotopic (exact) mass is 1060 g/mol. The molecule has 7 nitrogen and oxygen atoms in total. The summed E-state index contributed by atoms with van der Waals surface area (Å²) in [5.41, 5.74) is 0. The van der Waals surface area contributed by atoms with E-state index in [0.717, 1.165) is 25.7 Å². The van der Waals surface area contributed by atoms with E-state index in [1.807, 2.05) is 0 Å². The molecule has 0 aromatic rings. The highest BCUT2D eigenvalue weighted by Crippen LogP contribution is 2.41. The first-order valence-electron chi connectivity index (χ1n) is 33.7. The molecule has 0 bridgehead atoms. The van der Waals surface area contributed by atoms with Crippen molar-refractivity contribution >= 4 is 11.9 Å². The number of ether oxygens (including phenoxy) is 5. The minimum Gasteiger partial charge on any atom is -0.463 e. The molecule has 2 fully saturated rings. The number of unbranched alkanes of at least 4 members (excludes halogenated alkanes) is 32. The molecule has 444 valence electrons. The lowest BCUT2D eigenvalue weighted by Crippen LogP contribution is -2.53. The maximum atomic E-state index is 13.6. The highest BCUT2D eigenvalue weighted by molar-refractivity contribution is 5.70. The first-order valence-corrected chi connectivity index (χ1v) is 33.7. The summed E-state index contributed by atoms with van der Waals surface area (Å²) in [6.07, 6.45) is 51.7. The fourth-order valence-corrected chi connectivity index (χ4v) is 12.4. The molecule has 0 aromatic heterocycles. The van der Waals surface area contributed by atoms with E-state index in [0.29, 0.717) is 36.5 Å². The third kappa shape index (κ3) is 33.2. The van der Waals surface area contributed by atoms with Gasteiger partial charge in [-0.3, -0.25) is 9.59 Å². The van der Waals surface area contributed by atoms with Gasteiger partial charge in [-0.05, 0) is 61.2 Å². The minimum absolute atomic E-state index is 0.0749. The third-order valence-electron chi connectivity index (χ3n) is 18.8. The van der Waals surface area contributed by atoms with Gasteiger partial charge in [-0.15, -0.1) is 0 Å². The van der Waals surface area contributed by atoms with E-state index >= 15 is 0 Å². The molecule has 0 amide bonds. The number of esters is 2. The lowest BCUT2D eigenvalue weighted by Gasteiger charge is -2.48. The van der Waals surface area contributed by atoms with Gasteiger partial charge >= 0.3 is 11.9 Å². The predicted octanol–water partition coefficient (Wildman–Crippen LogP) is 21.1. The Balaban J connectivity index is 1.95. The molecule has 2 heterocycles. The van der Waals surface area contributed by atoms with Crippen LogP contribution in [0.5, 0.6) is 0 Å². The van der Waals surface area contributed by atoms with Crippen molar-refractivity contribution in [2.45, 2.75) is 364 Å². The van der Waals surface area contributed by atoms with Crippen LogP contribution in [0.1, 0.15) is 339 Å². The molecule has 0 spiro atoms. The Labute approximate surface area is 467 Å². The first-order chi connectivity index (χ1) is 36.5. The van der Waals surface area contributed by atoms with Crippen LogP contribution in [0.2, 0.25) is 0 Å². The van der Waals surface area contributed by atoms with Gasteiger partial charge in [0.15, 0.2) is 12.6 Å². The van der Waals surface area contributed by atoms with Crippen molar-refractivity contribution in [3.8, 4) is 0 Å². The van der Waals surface area contributed by atoms with E-state index in [9.17, 15) is 9.59 Å². The van der Waals surface area contributed by atoms with E-state index in [4.69, 9.17) is 23.7 Å². The number of carbonyl (C=O) groups excluding carboxylic acids is 2. The standard InChI is InChI=1S/C68H130O7/c1-11-15-19-23-27-31-35-39-43-47-61(48-44-40-36-32-28-24-20-16-12-2)51-65(69)71-53-63-57(7)55(5)59(9)67(73-63)75-68-60(10)56(6)58(8)64(74-68)54-72-66(70)52-62(49-45-41-37-33-29-25-21-17-13-3)50-46-42-38-34-30-26-22-18-14-4/h55-64,67-68H,11-54H2,1-10H3/t55-,56-,57-,58-,59?,60?,63?,64?,67+,68+/m0/s1. The van der Waals surface area contributed by atoms with E-state index in [1.165, 1.54) is 231 Å². The van der Waals surface area contributed by atoms with Crippen LogP contribution in [0, 0.1) is 47.3 Å². The van der Waals surface area contributed by atoms with Crippen LogP contribution in [0.4, 0.5) is 0 Å². The van der Waals surface area contributed by atoms with Crippen LogP contribution >= 0.6 is 0 Å². The number of rotatable bonds is 50. The van der Waals surface area contributed by atoms with E-state index in [-0.39, 0.29) is 61.0 Å². The number of hydrogen-bond donors (Lipinski definition) is 0. The molecule has 0 aromatic carbocycles. The van der Waals surface area contributed by atoms with Gasteiger partial charge in [0.05, 0.1) is 12.2 Å². The zero-order valence-corrected chi connectivity index (χ0v) is 51.9. The number of hydrogen-bond acceptors (Lipinski definition) is 7. The van der Waals surface area contributed by atoms with Crippen LogP contribution in [0.3, 0.4) is 0 Å². The molecule has 7 heteroatoms. The van der Waals surface area contributed by atoms with Gasteiger partial charge in [-0.1, -0.05) is 300 Å². The van der Waals surface area contributed by atoms with Crippen LogP contribution in [-0.2, 0) is 33.3 Å². The topological polar surface area (TPSA) is 80.3 Å². The zero-order chi connectivity index (χ0) is 54.7. The van der Waals surface area contributed by atoms with Crippen LogP contribution in [0.25, 0.3) is 0 Å². The molecule has 0 radical (unpaired) electrons. The molecule has 10 atom stereocenters. The van der Waals surface area contributed by atoms with Crippen LogP contribution in [-0.4, -0.2) is 49.9 Å². The van der Waals surface area contributed by atoms with Crippen molar-refractivity contribution in [3.05, 3.63) is 0 Å². The second-order valence-electron chi connectivity index (χ2n) is 25.4. The fraction of sp³-hybridized carbons (Fsp3) is 0.971. The third-order valence-corrected chi connectivity index (χ3v) is 18.8. The second kappa shape index (κ2) is 46.6. The van der Waals surface area contributed by atoms with E-state index < -0.39 is 12.6 Å². The molecule has 2 saturated heterocycles. The maximum Gasteiger partial charge on any atom is 0.306 e. The predicted molar refractivity (Wildman–Crippen MR) is 319 cm³/mol. The minimum atomic E-state index is -0.481. The molecule has 0 N–H and O–H groups in total. The highest BCUT2D eigenvalue weighted by Gasteiger charge is 2.46. The molecular formula is C68H130O7. The second-order valence-corrected chi connectivity index (χ2v) is 25.4. The van der Waals surface area contributed by atoms with Crippen LogP contribution < -0.4 is 0 Å². The van der Waals surface area contributed by atoms with Crippen molar-refractivity contribution in [1.29, 1.82) is 0 Å². The van der Waals surface area contributed by atoms with Gasteiger partial charge in [-0.2, -0.15) is 0 Å². The molecule has 0 saturated carbocycles. The van der Waals surface area contributed by atoms with Gasteiger partial charge in [0.25, 0.3) is 0 Å². The molecule has 4 unspecified atom stereocenters. The van der Waals surface area contributed by atoms with E-state index in [2.05, 4.69) is 69.2 Å². The molecule has 0 aliphatic carbocycles. The summed E-state index contributed by atoms with van der Waals surface area (Å²) in [6, 6.07) is 0. The summed E-state index contributed by atoms with van der Waals surface area (Å²) in [5.74, 6) is 1.96. The normalized spacial score (nSPS) is 24.1. The van der Waals surface area contributed by atoms with Crippen molar-refractivity contribution in [1.82, 2.24) is 0 Å². The van der Waals surface area contributed by atoms with Crippen LogP contribution in [0.15, 0.2) is 0 Å². The highest BCUT2D eigenvalue weighted by atomic mass is 16.8. The van der Waals surface area contributed by atoms with Crippen molar-refractivity contribution in [2.24, 2.45) is 47.3 Å². The summed E-state index contributed by atoms with van der Waals surface area (Å²) >= 11 is 0. The zero-order valence-electron chi connectivity index (χ0n) is 51.9. The summed E-state index contributed by atoms with van der Waals surface area (Å²) in [6.45, 7) is 23.1. The van der Waals surface area contributed by atoms with E-state index in [1.54, 1.807) is 0 Å². The SMILES string of the molecule is CCCCCCCCCCCC(CCCCCCCCCCC)CC(=O)OCC1O[C@H](O[C@H]2OC(COC(=O)CC(CCCCCCCCCCC)CCCCCCCCCCC)[C@@H](C)[C@H](C)C2C)C(C)[C@@H](C)[C@@H]1C. The largest absolute Gasteiger partial charge is 0.463 e. The van der Waals surface area contributed by atoms with Crippen molar-refractivity contribution < 1.29 is 33.3 Å². The van der Waals surface area contributed by atoms with Gasteiger partial charge < -0.3 is 23.7 Å². The Hall–Kier alpha value is -1.18. The van der Waals surface area contributed by atoms with Gasteiger partial charge in [0, 0.05) is 24.7 Å². The van der Waals surface area contributed by atoms with Gasteiger partial charge in [0.2, 0.25) is 0 Å². The molecular weight excluding hydrogens is 929 g/mol. The summed E-state index contributed by atoms with van der Waals surface area (Å²) < 4.78 is 32.7. The lowest BCUT2D eigenvalue weighted by atomic mass is 9.78. The smallest absolute Gasteiger partial charge is 0.306 e. The molecule has 2 aliphatic heterocycles. The lowest BCUT2D eigenvalue weighted by molar-refractivity contribution is -0.344. The summed E-state index contributed by atoms with van der Waals surface area (Å²) in [7, 11) is 0. The Morgan fingerprint density at radius 1 is 0.320 bits per heavy atom. The summed E-state index contributed by atoms with van der Waals surface area (Å²) in [4.78, 5) is 27.3. The Bertz CT molecular complexity index is 1170. The summed E-state index contributed by atoms with van der Waals surface area (Å²) in [5, 5.41) is 0. The quantitative estimate of drug-likeness (QED) is 0.0443. The first kappa shape index (κ1) is 69.9. The van der Waals surface area contributed by atoms with Crippen molar-refractivity contribution in [2.75, 3.05) is 13.2 Å². The average Bonchev–Trinajstić information content (AvgIpc) is 3.40. The van der Waals surface area contributed by atoms with Crippen molar-refractivity contribution in [3.63, 3.8) is 0 Å². The van der Waals surface area contributed by atoms with Gasteiger partial charge in [0.1, 0.15) is 13.2 Å². The average molecular weight is 1060 g/mol. The maximum absolute atomic E-state index is 13.6. The molecule has 2 rings (SSSR count). The molecule has 75 heavy (non-hydrogen) atoms.